The smallest absolute Gasteiger partial charge is 0.258 e. The summed E-state index contributed by atoms with van der Waals surface area (Å²) in [6.45, 7) is 1.68. The molecule has 10 heteroatoms. The SMILES string of the molecule is COCCCN1C(=O)c2cccc3c(NC(=O)C4CCCN(S(=O)(=O)c5cccs5)C4)ccc1c23. The number of anilines is 2. The Balaban J connectivity index is 1.37. The van der Waals surface area contributed by atoms with Crippen molar-refractivity contribution in [3.8, 4) is 0 Å². The van der Waals surface area contributed by atoms with Gasteiger partial charge in [0.25, 0.3) is 15.9 Å². The Hall–Kier alpha value is -2.79. The van der Waals surface area contributed by atoms with E-state index in [4.69, 9.17) is 4.74 Å². The molecular weight excluding hydrogens is 486 g/mol. The lowest BCUT2D eigenvalue weighted by atomic mass is 9.98. The molecule has 0 bridgehead atoms. The first kappa shape index (κ1) is 23.9. The molecule has 1 saturated heterocycles. The van der Waals surface area contributed by atoms with Crippen LogP contribution in [0, 0.1) is 5.92 Å². The molecule has 0 aliphatic carbocycles. The standard InChI is InChI=1S/C25H27N3O5S2/c1-33-14-5-13-28-21-11-10-20(18-7-2-8-19(23(18)21)25(28)30)26-24(29)17-6-3-12-27(16-17)35(31,32)22-9-4-15-34-22/h2,4,7-11,15,17H,3,5-6,12-14,16H2,1H3,(H,26,29). The summed E-state index contributed by atoms with van der Waals surface area (Å²) >= 11 is 1.18. The quantitative estimate of drug-likeness (QED) is 0.461. The number of amides is 2. The molecule has 0 radical (unpaired) electrons. The Morgan fingerprint density at radius 3 is 2.83 bits per heavy atom. The molecule has 3 heterocycles. The topological polar surface area (TPSA) is 96.0 Å². The predicted octanol–water partition coefficient (Wildman–Crippen LogP) is 3.94. The lowest BCUT2D eigenvalue weighted by Gasteiger charge is -2.31. The van der Waals surface area contributed by atoms with Crippen molar-refractivity contribution in [2.45, 2.75) is 23.5 Å². The van der Waals surface area contributed by atoms with Gasteiger partial charge < -0.3 is 15.0 Å². The van der Waals surface area contributed by atoms with Crippen molar-refractivity contribution in [1.29, 1.82) is 0 Å². The number of nitrogens with one attached hydrogen (secondary N) is 1. The normalized spacial score (nSPS) is 18.4. The Morgan fingerprint density at radius 1 is 1.20 bits per heavy atom. The van der Waals surface area contributed by atoms with Gasteiger partial charge in [0.15, 0.2) is 0 Å². The molecule has 2 aliphatic rings. The number of hydrogen-bond acceptors (Lipinski definition) is 6. The van der Waals surface area contributed by atoms with Crippen molar-refractivity contribution in [1.82, 2.24) is 4.31 Å². The molecule has 1 N–H and O–H groups in total. The molecule has 0 saturated carbocycles. The summed E-state index contributed by atoms with van der Waals surface area (Å²) in [5.41, 5.74) is 2.08. The van der Waals surface area contributed by atoms with Gasteiger partial charge in [-0.1, -0.05) is 18.2 Å². The van der Waals surface area contributed by atoms with Gasteiger partial charge in [0.1, 0.15) is 4.21 Å². The van der Waals surface area contributed by atoms with Crippen LogP contribution in [0.1, 0.15) is 29.6 Å². The van der Waals surface area contributed by atoms with E-state index in [0.29, 0.717) is 48.0 Å². The Kier molecular flexibility index (Phi) is 6.63. The van der Waals surface area contributed by atoms with E-state index in [9.17, 15) is 18.0 Å². The molecule has 5 rings (SSSR count). The highest BCUT2D eigenvalue weighted by atomic mass is 32.2. The van der Waals surface area contributed by atoms with E-state index >= 15 is 0 Å². The third-order valence-electron chi connectivity index (χ3n) is 6.62. The van der Waals surface area contributed by atoms with Crippen LogP contribution in [0.15, 0.2) is 52.1 Å². The van der Waals surface area contributed by atoms with Crippen LogP contribution in [0.3, 0.4) is 0 Å². The maximum absolute atomic E-state index is 13.2. The number of ether oxygens (including phenoxy) is 1. The number of carbonyl (C=O) groups is 2. The maximum atomic E-state index is 13.2. The minimum atomic E-state index is -3.60. The minimum Gasteiger partial charge on any atom is -0.385 e. The molecule has 1 atom stereocenters. The first-order chi connectivity index (χ1) is 16.9. The average Bonchev–Trinajstić information content (AvgIpc) is 3.51. The summed E-state index contributed by atoms with van der Waals surface area (Å²) < 4.78 is 32.7. The highest BCUT2D eigenvalue weighted by Gasteiger charge is 2.35. The second-order valence-corrected chi connectivity index (χ2v) is 11.9. The van der Waals surface area contributed by atoms with E-state index in [0.717, 1.165) is 22.9 Å². The van der Waals surface area contributed by atoms with Gasteiger partial charge in [0.2, 0.25) is 5.91 Å². The van der Waals surface area contributed by atoms with Gasteiger partial charge in [0, 0.05) is 55.4 Å². The zero-order valence-electron chi connectivity index (χ0n) is 19.4. The Morgan fingerprint density at radius 2 is 2.06 bits per heavy atom. The van der Waals surface area contributed by atoms with E-state index in [1.807, 2.05) is 30.3 Å². The van der Waals surface area contributed by atoms with Crippen molar-refractivity contribution < 1.29 is 22.7 Å². The van der Waals surface area contributed by atoms with Crippen LogP contribution in [0.2, 0.25) is 0 Å². The first-order valence-corrected chi connectivity index (χ1v) is 13.9. The van der Waals surface area contributed by atoms with Gasteiger partial charge in [-0.05, 0) is 48.9 Å². The third kappa shape index (κ3) is 4.35. The summed E-state index contributed by atoms with van der Waals surface area (Å²) in [5, 5.41) is 6.39. The number of carbonyl (C=O) groups excluding carboxylic acids is 2. The molecule has 0 spiro atoms. The van der Waals surface area contributed by atoms with Crippen molar-refractivity contribution in [3.63, 3.8) is 0 Å². The number of thiophene rings is 1. The second-order valence-electron chi connectivity index (χ2n) is 8.79. The number of rotatable bonds is 8. The van der Waals surface area contributed by atoms with Gasteiger partial charge in [0.05, 0.1) is 11.6 Å². The lowest BCUT2D eigenvalue weighted by Crippen LogP contribution is -2.43. The number of nitrogens with zero attached hydrogens (tertiary/aromatic N) is 2. The third-order valence-corrected chi connectivity index (χ3v) is 9.86. The van der Waals surface area contributed by atoms with E-state index in [-0.39, 0.29) is 18.4 Å². The highest BCUT2D eigenvalue weighted by molar-refractivity contribution is 7.91. The summed E-state index contributed by atoms with van der Waals surface area (Å²) in [4.78, 5) is 28.0. The predicted molar refractivity (Wildman–Crippen MR) is 137 cm³/mol. The summed E-state index contributed by atoms with van der Waals surface area (Å²) in [6, 6.07) is 12.5. The molecule has 184 valence electrons. The molecule has 2 aromatic carbocycles. The van der Waals surface area contributed by atoms with Gasteiger partial charge in [-0.15, -0.1) is 11.3 Å². The number of methoxy groups -OCH3 is 1. The van der Waals surface area contributed by atoms with E-state index in [1.54, 1.807) is 29.5 Å². The van der Waals surface area contributed by atoms with Crippen LogP contribution >= 0.6 is 11.3 Å². The van der Waals surface area contributed by atoms with Crippen LogP contribution in [0.25, 0.3) is 10.8 Å². The monoisotopic (exact) mass is 513 g/mol. The molecule has 35 heavy (non-hydrogen) atoms. The van der Waals surface area contributed by atoms with Crippen LogP contribution in [0.5, 0.6) is 0 Å². The van der Waals surface area contributed by atoms with E-state index < -0.39 is 15.9 Å². The fourth-order valence-electron chi connectivity index (χ4n) is 4.89. The summed E-state index contributed by atoms with van der Waals surface area (Å²) in [6.07, 6.45) is 1.97. The van der Waals surface area contributed by atoms with Crippen LogP contribution in [-0.2, 0) is 19.6 Å². The number of sulfonamides is 1. The first-order valence-electron chi connectivity index (χ1n) is 11.6. The van der Waals surface area contributed by atoms with E-state index in [1.165, 1.54) is 15.6 Å². The molecule has 1 fully saturated rings. The second kappa shape index (κ2) is 9.69. The maximum Gasteiger partial charge on any atom is 0.258 e. The Labute approximate surface area is 208 Å². The average molecular weight is 514 g/mol. The minimum absolute atomic E-state index is 0.0492. The van der Waals surface area contributed by atoms with Crippen LogP contribution in [-0.4, -0.2) is 57.9 Å². The molecule has 8 nitrogen and oxygen atoms in total. The van der Waals surface area contributed by atoms with Crippen LogP contribution < -0.4 is 10.2 Å². The van der Waals surface area contributed by atoms with Gasteiger partial charge in [-0.25, -0.2) is 8.42 Å². The number of hydrogen-bond donors (Lipinski definition) is 1. The fourth-order valence-corrected chi connectivity index (χ4v) is 7.56. The largest absolute Gasteiger partial charge is 0.385 e. The summed E-state index contributed by atoms with van der Waals surface area (Å²) in [7, 11) is -1.96. The molecule has 1 aromatic heterocycles. The summed E-state index contributed by atoms with van der Waals surface area (Å²) in [5.74, 6) is -0.710. The molecular formula is C25H27N3O5S2. The zero-order valence-corrected chi connectivity index (χ0v) is 21.0. The van der Waals surface area contributed by atoms with Crippen molar-refractivity contribution >= 4 is 55.3 Å². The number of benzene rings is 2. The van der Waals surface area contributed by atoms with E-state index in [2.05, 4.69) is 5.32 Å². The zero-order chi connectivity index (χ0) is 24.6. The lowest BCUT2D eigenvalue weighted by molar-refractivity contribution is -0.120. The van der Waals surface area contributed by atoms with Crippen molar-refractivity contribution in [2.24, 2.45) is 5.92 Å². The van der Waals surface area contributed by atoms with Gasteiger partial charge >= 0.3 is 0 Å². The van der Waals surface area contributed by atoms with Gasteiger partial charge in [-0.3, -0.25) is 9.59 Å². The molecule has 2 aliphatic heterocycles. The fraction of sp³-hybridized carbons (Fsp3) is 0.360. The van der Waals surface area contributed by atoms with Crippen molar-refractivity contribution in [2.75, 3.05) is 43.6 Å². The molecule has 2 amide bonds. The van der Waals surface area contributed by atoms with Gasteiger partial charge in [-0.2, -0.15) is 4.31 Å². The number of piperidine rings is 1. The Bertz CT molecular complexity index is 1370. The highest BCUT2D eigenvalue weighted by Crippen LogP contribution is 2.41. The van der Waals surface area contributed by atoms with Crippen LogP contribution in [0.4, 0.5) is 11.4 Å². The molecule has 1 unspecified atom stereocenters. The molecule has 3 aromatic rings. The van der Waals surface area contributed by atoms with Crippen molar-refractivity contribution in [3.05, 3.63) is 53.4 Å².